The van der Waals surface area contributed by atoms with E-state index in [9.17, 15) is 0 Å². The number of hydrogen-bond donors (Lipinski definition) is 1. The molecule has 0 amide bonds. The molecule has 1 heterocycles. The lowest BCUT2D eigenvalue weighted by molar-refractivity contribution is 0.388. The van der Waals surface area contributed by atoms with Gasteiger partial charge in [0.05, 0.1) is 13.2 Å². The van der Waals surface area contributed by atoms with Crippen LogP contribution in [0, 0.1) is 6.92 Å². The van der Waals surface area contributed by atoms with Crippen molar-refractivity contribution in [1.29, 1.82) is 0 Å². The van der Waals surface area contributed by atoms with Crippen LogP contribution < -0.4 is 10.1 Å². The summed E-state index contributed by atoms with van der Waals surface area (Å²) >= 11 is 3.48. The first-order valence-corrected chi connectivity index (χ1v) is 7.58. The van der Waals surface area contributed by atoms with E-state index in [0.717, 1.165) is 40.3 Å². The van der Waals surface area contributed by atoms with Gasteiger partial charge in [-0.3, -0.25) is 0 Å². The molecule has 0 bridgehead atoms. The molecule has 0 aliphatic heterocycles. The number of rotatable bonds is 6. The van der Waals surface area contributed by atoms with Crippen molar-refractivity contribution in [2.24, 2.45) is 0 Å². The highest BCUT2D eigenvalue weighted by molar-refractivity contribution is 9.10. The fourth-order valence-corrected chi connectivity index (χ4v) is 2.52. The highest BCUT2D eigenvalue weighted by atomic mass is 79.9. The number of ether oxygens (including phenoxy) is 1. The first kappa shape index (κ1) is 15.1. The Morgan fingerprint density at radius 1 is 1.30 bits per heavy atom. The molecule has 4 heteroatoms. The number of aryl methyl sites for hydroxylation is 1. The minimum absolute atomic E-state index is 0.00620. The van der Waals surface area contributed by atoms with Crippen molar-refractivity contribution < 1.29 is 9.15 Å². The van der Waals surface area contributed by atoms with Crippen LogP contribution in [0.3, 0.4) is 0 Å². The van der Waals surface area contributed by atoms with Crippen LogP contribution in [-0.2, 0) is 0 Å². The number of halogens is 1. The summed E-state index contributed by atoms with van der Waals surface area (Å²) in [6, 6.07) is 10.1. The zero-order valence-corrected chi connectivity index (χ0v) is 13.7. The van der Waals surface area contributed by atoms with Gasteiger partial charge in [-0.05, 0) is 44.2 Å². The first-order chi connectivity index (χ1) is 9.65. The van der Waals surface area contributed by atoms with Crippen LogP contribution in [0.2, 0.25) is 0 Å². The predicted molar refractivity (Wildman–Crippen MR) is 84.3 cm³/mol. The SMILES string of the molecule is CCCNC(c1ccc(C)o1)c1ccc(Br)cc1OC. The molecule has 2 aromatic rings. The van der Waals surface area contributed by atoms with Crippen molar-refractivity contribution >= 4 is 15.9 Å². The van der Waals surface area contributed by atoms with Crippen molar-refractivity contribution in [3.05, 3.63) is 51.9 Å². The maximum atomic E-state index is 5.80. The molecule has 1 atom stereocenters. The molecule has 0 saturated heterocycles. The summed E-state index contributed by atoms with van der Waals surface area (Å²) in [5.74, 6) is 2.68. The summed E-state index contributed by atoms with van der Waals surface area (Å²) in [5, 5.41) is 3.52. The third-order valence-corrected chi connectivity index (χ3v) is 3.64. The van der Waals surface area contributed by atoms with E-state index in [1.165, 1.54) is 0 Å². The lowest BCUT2D eigenvalue weighted by atomic mass is 10.0. The van der Waals surface area contributed by atoms with Gasteiger partial charge in [0.15, 0.2) is 0 Å². The average Bonchev–Trinajstić information content (AvgIpc) is 2.87. The molecule has 0 aliphatic rings. The molecule has 2 rings (SSSR count). The van der Waals surface area contributed by atoms with Gasteiger partial charge in [0.2, 0.25) is 0 Å². The van der Waals surface area contributed by atoms with Gasteiger partial charge in [-0.15, -0.1) is 0 Å². The molecule has 20 heavy (non-hydrogen) atoms. The molecule has 1 aromatic carbocycles. The van der Waals surface area contributed by atoms with E-state index in [2.05, 4.69) is 34.2 Å². The molecule has 0 fully saturated rings. The Kier molecular flexibility index (Phi) is 5.26. The third-order valence-electron chi connectivity index (χ3n) is 3.15. The van der Waals surface area contributed by atoms with E-state index in [-0.39, 0.29) is 6.04 Å². The summed E-state index contributed by atoms with van der Waals surface area (Å²) in [7, 11) is 1.69. The Balaban J connectivity index is 2.40. The number of nitrogens with one attached hydrogen (secondary N) is 1. The molecule has 1 N–H and O–H groups in total. The minimum Gasteiger partial charge on any atom is -0.496 e. The summed E-state index contributed by atoms with van der Waals surface area (Å²) in [4.78, 5) is 0. The van der Waals surface area contributed by atoms with Crippen LogP contribution in [-0.4, -0.2) is 13.7 Å². The van der Waals surface area contributed by atoms with E-state index >= 15 is 0 Å². The van der Waals surface area contributed by atoms with E-state index in [1.807, 2.05) is 31.2 Å². The van der Waals surface area contributed by atoms with Gasteiger partial charge in [-0.1, -0.05) is 28.9 Å². The monoisotopic (exact) mass is 337 g/mol. The van der Waals surface area contributed by atoms with Gasteiger partial charge in [-0.2, -0.15) is 0 Å². The molecule has 3 nitrogen and oxygen atoms in total. The predicted octanol–water partition coefficient (Wildman–Crippen LogP) is 4.45. The van der Waals surface area contributed by atoms with Crippen LogP contribution >= 0.6 is 15.9 Å². The number of benzene rings is 1. The second-order valence-electron chi connectivity index (χ2n) is 4.72. The number of hydrogen-bond acceptors (Lipinski definition) is 3. The lowest BCUT2D eigenvalue weighted by Gasteiger charge is -2.19. The lowest BCUT2D eigenvalue weighted by Crippen LogP contribution is -2.23. The van der Waals surface area contributed by atoms with Crippen LogP contribution in [0.4, 0.5) is 0 Å². The van der Waals surface area contributed by atoms with E-state index < -0.39 is 0 Å². The van der Waals surface area contributed by atoms with Crippen LogP contribution in [0.1, 0.15) is 36.5 Å². The largest absolute Gasteiger partial charge is 0.496 e. The highest BCUT2D eigenvalue weighted by Gasteiger charge is 2.20. The van der Waals surface area contributed by atoms with E-state index in [0.29, 0.717) is 0 Å². The van der Waals surface area contributed by atoms with Crippen LogP contribution in [0.5, 0.6) is 5.75 Å². The van der Waals surface area contributed by atoms with Gasteiger partial charge < -0.3 is 14.5 Å². The fraction of sp³-hybridized carbons (Fsp3) is 0.375. The van der Waals surface area contributed by atoms with Crippen LogP contribution in [0.25, 0.3) is 0 Å². The molecule has 1 aromatic heterocycles. The van der Waals surface area contributed by atoms with Crippen molar-refractivity contribution in [1.82, 2.24) is 5.32 Å². The van der Waals surface area contributed by atoms with Crippen molar-refractivity contribution in [3.63, 3.8) is 0 Å². The van der Waals surface area contributed by atoms with Gasteiger partial charge in [0.1, 0.15) is 17.3 Å². The Labute approximate surface area is 128 Å². The molecule has 0 spiro atoms. The number of furan rings is 1. The second kappa shape index (κ2) is 6.95. The standard InChI is InChI=1S/C16H20BrNO2/c1-4-9-18-16(14-8-5-11(2)20-14)13-7-6-12(17)10-15(13)19-3/h5-8,10,16,18H,4,9H2,1-3H3. The molecular weight excluding hydrogens is 318 g/mol. The van der Waals surface area contributed by atoms with Gasteiger partial charge in [0, 0.05) is 10.0 Å². The average molecular weight is 338 g/mol. The number of methoxy groups -OCH3 is 1. The van der Waals surface area contributed by atoms with Crippen molar-refractivity contribution in [2.45, 2.75) is 26.3 Å². The molecular formula is C16H20BrNO2. The smallest absolute Gasteiger partial charge is 0.125 e. The zero-order valence-electron chi connectivity index (χ0n) is 12.1. The fourth-order valence-electron chi connectivity index (χ4n) is 2.18. The van der Waals surface area contributed by atoms with Gasteiger partial charge >= 0.3 is 0 Å². The van der Waals surface area contributed by atoms with Crippen molar-refractivity contribution in [2.75, 3.05) is 13.7 Å². The van der Waals surface area contributed by atoms with E-state index in [1.54, 1.807) is 7.11 Å². The summed E-state index contributed by atoms with van der Waals surface area (Å²) in [6.07, 6.45) is 1.06. The first-order valence-electron chi connectivity index (χ1n) is 6.79. The summed E-state index contributed by atoms with van der Waals surface area (Å²) in [5.41, 5.74) is 1.08. The molecule has 0 radical (unpaired) electrons. The molecule has 1 unspecified atom stereocenters. The van der Waals surface area contributed by atoms with E-state index in [4.69, 9.17) is 9.15 Å². The van der Waals surface area contributed by atoms with Gasteiger partial charge in [-0.25, -0.2) is 0 Å². The highest BCUT2D eigenvalue weighted by Crippen LogP contribution is 2.33. The maximum absolute atomic E-state index is 5.80. The summed E-state index contributed by atoms with van der Waals surface area (Å²) < 4.78 is 12.3. The third kappa shape index (κ3) is 3.44. The van der Waals surface area contributed by atoms with Crippen LogP contribution in [0.15, 0.2) is 39.2 Å². The molecule has 0 saturated carbocycles. The maximum Gasteiger partial charge on any atom is 0.125 e. The minimum atomic E-state index is 0.00620. The Morgan fingerprint density at radius 2 is 2.10 bits per heavy atom. The zero-order chi connectivity index (χ0) is 14.5. The molecule has 0 aliphatic carbocycles. The molecule has 108 valence electrons. The topological polar surface area (TPSA) is 34.4 Å². The Bertz CT molecular complexity index is 565. The summed E-state index contributed by atoms with van der Waals surface area (Å²) in [6.45, 7) is 5.03. The Morgan fingerprint density at radius 3 is 2.70 bits per heavy atom. The van der Waals surface area contributed by atoms with Crippen molar-refractivity contribution in [3.8, 4) is 5.75 Å². The Hall–Kier alpha value is -1.26. The second-order valence-corrected chi connectivity index (χ2v) is 5.64. The normalized spacial score (nSPS) is 12.4. The quantitative estimate of drug-likeness (QED) is 0.845. The van der Waals surface area contributed by atoms with Gasteiger partial charge in [0.25, 0.3) is 0 Å².